The Balaban J connectivity index is 1.53. The molecule has 8 nitrogen and oxygen atoms in total. The molecule has 2 heterocycles. The second-order valence-electron chi connectivity index (χ2n) is 9.29. The first-order chi connectivity index (χ1) is 18.8. The molecule has 0 N–H and O–H groups in total. The maximum atomic E-state index is 13.3. The molecule has 0 unspecified atom stereocenters. The number of carbonyl (C=O) groups excluding carboxylic acids is 3. The number of rotatable bonds is 7. The van der Waals surface area contributed by atoms with Gasteiger partial charge in [-0.2, -0.15) is 0 Å². The quantitative estimate of drug-likeness (QED) is 0.172. The van der Waals surface area contributed by atoms with Gasteiger partial charge in [-0.15, -0.1) is 0 Å². The lowest BCUT2D eigenvalue weighted by atomic mass is 9.84. The fourth-order valence-corrected chi connectivity index (χ4v) is 4.60. The van der Waals surface area contributed by atoms with E-state index in [1.807, 2.05) is 19.1 Å². The molecule has 2 aliphatic heterocycles. The van der Waals surface area contributed by atoms with Crippen molar-refractivity contribution in [2.75, 3.05) is 20.8 Å². The largest absolute Gasteiger partial charge is 0.493 e. The number of ketones is 1. The predicted octanol–water partition coefficient (Wildman–Crippen LogP) is 5.49. The second-order valence-corrected chi connectivity index (χ2v) is 9.29. The summed E-state index contributed by atoms with van der Waals surface area (Å²) in [4.78, 5) is 37.6. The van der Waals surface area contributed by atoms with E-state index in [0.717, 1.165) is 11.1 Å². The molecular formula is C31H26O8. The number of methoxy groups -OCH3 is 2. The third-order valence-electron chi connectivity index (χ3n) is 6.47. The van der Waals surface area contributed by atoms with E-state index in [2.05, 4.69) is 6.58 Å². The van der Waals surface area contributed by atoms with Crippen LogP contribution >= 0.6 is 0 Å². The van der Waals surface area contributed by atoms with E-state index in [1.165, 1.54) is 7.11 Å². The fourth-order valence-electron chi connectivity index (χ4n) is 4.60. The highest BCUT2D eigenvalue weighted by Gasteiger charge is 2.38. The van der Waals surface area contributed by atoms with Crippen LogP contribution in [-0.2, 0) is 9.53 Å². The Labute approximate surface area is 225 Å². The second kappa shape index (κ2) is 10.5. The minimum atomic E-state index is -0.450. The van der Waals surface area contributed by atoms with Crippen molar-refractivity contribution in [1.29, 1.82) is 0 Å². The zero-order valence-corrected chi connectivity index (χ0v) is 21.7. The standard InChI is InChI=1S/C31H26O8/c1-17(2)16-37-25-14-20(9-11-23(25)35-3)22-15-27(32)38-24-12-10-21-29(33)26(39-30(21)28(22)24)13-18-5-7-19(8-6-18)31(34)36-4/h5-14,22H,1,15-16H2,2-4H3/b26-13-/t22-/m0/s1. The van der Waals surface area contributed by atoms with E-state index in [0.29, 0.717) is 51.9 Å². The highest BCUT2D eigenvalue weighted by molar-refractivity contribution is 6.15. The molecule has 0 amide bonds. The Morgan fingerprint density at radius 2 is 1.79 bits per heavy atom. The molecule has 5 rings (SSSR count). The van der Waals surface area contributed by atoms with Crippen molar-refractivity contribution in [3.63, 3.8) is 0 Å². The first-order valence-electron chi connectivity index (χ1n) is 12.2. The van der Waals surface area contributed by atoms with Gasteiger partial charge in [0.15, 0.2) is 17.3 Å². The SMILES string of the molecule is C=C(C)COc1cc([C@@H]2CC(=O)Oc3ccc4c(c32)O/C(=C\c2ccc(C(=O)OC)cc2)C4=O)ccc1OC. The van der Waals surface area contributed by atoms with Crippen LogP contribution in [0.1, 0.15) is 56.7 Å². The number of allylic oxidation sites excluding steroid dienone is 1. The zero-order chi connectivity index (χ0) is 27.7. The maximum Gasteiger partial charge on any atom is 0.337 e. The van der Waals surface area contributed by atoms with Crippen LogP contribution in [0.25, 0.3) is 6.08 Å². The number of esters is 2. The summed E-state index contributed by atoms with van der Waals surface area (Å²) in [5.41, 5.74) is 3.68. The lowest BCUT2D eigenvalue weighted by Gasteiger charge is -2.27. The van der Waals surface area contributed by atoms with Gasteiger partial charge in [-0.3, -0.25) is 9.59 Å². The van der Waals surface area contributed by atoms with Crippen molar-refractivity contribution < 1.29 is 38.1 Å². The van der Waals surface area contributed by atoms with Crippen molar-refractivity contribution >= 4 is 23.8 Å². The number of hydrogen-bond donors (Lipinski definition) is 0. The number of hydrogen-bond acceptors (Lipinski definition) is 8. The molecular weight excluding hydrogens is 500 g/mol. The van der Waals surface area contributed by atoms with E-state index in [9.17, 15) is 14.4 Å². The third kappa shape index (κ3) is 5.01. The van der Waals surface area contributed by atoms with Crippen LogP contribution in [0.5, 0.6) is 23.0 Å². The summed E-state index contributed by atoms with van der Waals surface area (Å²) in [7, 11) is 2.87. The Kier molecular flexibility index (Phi) is 6.94. The number of Topliss-reactive ketones (excluding diaryl/α,β-unsaturated/α-hetero) is 1. The molecule has 0 radical (unpaired) electrons. The van der Waals surface area contributed by atoms with Gasteiger partial charge in [0, 0.05) is 11.5 Å². The molecule has 0 fully saturated rings. The molecule has 3 aromatic rings. The van der Waals surface area contributed by atoms with Gasteiger partial charge in [-0.1, -0.05) is 24.8 Å². The lowest BCUT2D eigenvalue weighted by Crippen LogP contribution is -2.21. The Hall–Kier alpha value is -4.85. The fraction of sp³-hybridized carbons (Fsp3) is 0.194. The zero-order valence-electron chi connectivity index (χ0n) is 21.7. The first kappa shape index (κ1) is 25.8. The summed E-state index contributed by atoms with van der Waals surface area (Å²) >= 11 is 0. The van der Waals surface area contributed by atoms with Crippen LogP contribution in [0.2, 0.25) is 0 Å². The van der Waals surface area contributed by atoms with Crippen molar-refractivity contribution in [2.24, 2.45) is 0 Å². The average molecular weight is 527 g/mol. The van der Waals surface area contributed by atoms with E-state index in [-0.39, 0.29) is 18.0 Å². The summed E-state index contributed by atoms with van der Waals surface area (Å²) < 4.78 is 27.7. The van der Waals surface area contributed by atoms with Crippen molar-refractivity contribution in [2.45, 2.75) is 19.3 Å². The van der Waals surface area contributed by atoms with E-state index < -0.39 is 17.9 Å². The number of ether oxygens (including phenoxy) is 5. The molecule has 3 aromatic carbocycles. The predicted molar refractivity (Wildman–Crippen MR) is 143 cm³/mol. The van der Waals surface area contributed by atoms with Gasteiger partial charge in [-0.05, 0) is 66.1 Å². The molecule has 0 aromatic heterocycles. The van der Waals surface area contributed by atoms with Crippen LogP contribution in [0, 0.1) is 0 Å². The summed E-state index contributed by atoms with van der Waals surface area (Å²) in [6.07, 6.45) is 1.66. The Bertz CT molecular complexity index is 1530. The molecule has 0 aliphatic carbocycles. The maximum absolute atomic E-state index is 13.3. The van der Waals surface area contributed by atoms with Crippen molar-refractivity contribution in [3.05, 3.63) is 100 Å². The molecule has 0 saturated heterocycles. The average Bonchev–Trinajstić information content (AvgIpc) is 3.25. The van der Waals surface area contributed by atoms with E-state index >= 15 is 0 Å². The molecule has 39 heavy (non-hydrogen) atoms. The van der Waals surface area contributed by atoms with Gasteiger partial charge >= 0.3 is 11.9 Å². The minimum Gasteiger partial charge on any atom is -0.493 e. The summed E-state index contributed by atoms with van der Waals surface area (Å²) in [6.45, 7) is 6.05. The van der Waals surface area contributed by atoms with Crippen molar-refractivity contribution in [1.82, 2.24) is 0 Å². The molecule has 2 aliphatic rings. The van der Waals surface area contributed by atoms with Gasteiger partial charge in [0.2, 0.25) is 5.78 Å². The lowest BCUT2D eigenvalue weighted by molar-refractivity contribution is -0.135. The van der Waals surface area contributed by atoms with Crippen molar-refractivity contribution in [3.8, 4) is 23.0 Å². The summed E-state index contributed by atoms with van der Waals surface area (Å²) in [5, 5.41) is 0. The van der Waals surface area contributed by atoms with Gasteiger partial charge in [0.1, 0.15) is 18.1 Å². The number of benzene rings is 3. The minimum absolute atomic E-state index is 0.0568. The Morgan fingerprint density at radius 3 is 2.49 bits per heavy atom. The molecule has 0 saturated carbocycles. The van der Waals surface area contributed by atoms with E-state index in [4.69, 9.17) is 23.7 Å². The summed E-state index contributed by atoms with van der Waals surface area (Å²) in [6, 6.07) is 15.3. The number of carbonyl (C=O) groups is 3. The summed E-state index contributed by atoms with van der Waals surface area (Å²) in [5.74, 6) is 0.305. The topological polar surface area (TPSA) is 97.4 Å². The van der Waals surface area contributed by atoms with Crippen LogP contribution in [0.4, 0.5) is 0 Å². The smallest absolute Gasteiger partial charge is 0.337 e. The normalized spacial score (nSPS) is 16.6. The number of fused-ring (bicyclic) bond motifs is 3. The van der Waals surface area contributed by atoms with Crippen LogP contribution < -0.4 is 18.9 Å². The van der Waals surface area contributed by atoms with Gasteiger partial charge in [0.25, 0.3) is 0 Å². The van der Waals surface area contributed by atoms with Crippen LogP contribution in [0.15, 0.2) is 72.5 Å². The van der Waals surface area contributed by atoms with Gasteiger partial charge in [-0.25, -0.2) is 4.79 Å². The highest BCUT2D eigenvalue weighted by Crippen LogP contribution is 2.49. The molecule has 0 bridgehead atoms. The molecule has 1 atom stereocenters. The molecule has 198 valence electrons. The van der Waals surface area contributed by atoms with Crippen LogP contribution in [-0.4, -0.2) is 38.5 Å². The van der Waals surface area contributed by atoms with Crippen LogP contribution in [0.3, 0.4) is 0 Å². The third-order valence-corrected chi connectivity index (χ3v) is 6.47. The van der Waals surface area contributed by atoms with Gasteiger partial charge < -0.3 is 23.7 Å². The monoisotopic (exact) mass is 526 g/mol. The van der Waals surface area contributed by atoms with Gasteiger partial charge in [0.05, 0.1) is 31.8 Å². The first-order valence-corrected chi connectivity index (χ1v) is 12.2. The molecule has 0 spiro atoms. The highest BCUT2D eigenvalue weighted by atomic mass is 16.5. The van der Waals surface area contributed by atoms with E-state index in [1.54, 1.807) is 55.7 Å². The Morgan fingerprint density at radius 1 is 1.03 bits per heavy atom. The molecule has 8 heteroatoms.